The molecule has 88 valence electrons. The fourth-order valence-corrected chi connectivity index (χ4v) is 2.40. The molecule has 16 heavy (non-hydrogen) atoms. The van der Waals surface area contributed by atoms with Crippen molar-refractivity contribution < 1.29 is 4.79 Å². The van der Waals surface area contributed by atoms with E-state index >= 15 is 0 Å². The lowest BCUT2D eigenvalue weighted by molar-refractivity contribution is 0.196. The van der Waals surface area contributed by atoms with Gasteiger partial charge in [-0.15, -0.1) is 0 Å². The van der Waals surface area contributed by atoms with Gasteiger partial charge in [0.15, 0.2) is 0 Å². The maximum atomic E-state index is 11.8. The highest BCUT2D eigenvalue weighted by molar-refractivity contribution is 5.76. The van der Waals surface area contributed by atoms with Crippen molar-refractivity contribution in [2.75, 3.05) is 0 Å². The Hall–Kier alpha value is -1.32. The van der Waals surface area contributed by atoms with Gasteiger partial charge in [0.25, 0.3) is 0 Å². The lowest BCUT2D eigenvalue weighted by atomic mass is 9.78. The predicted octanol–water partition coefficient (Wildman–Crippen LogP) is 2.27. The van der Waals surface area contributed by atoms with Gasteiger partial charge in [0.2, 0.25) is 0 Å². The fourth-order valence-electron chi connectivity index (χ4n) is 2.40. The van der Waals surface area contributed by atoms with Gasteiger partial charge >= 0.3 is 6.03 Å². The molecule has 1 amide bonds. The molecule has 0 bridgehead atoms. The molecule has 1 heterocycles. The first-order valence-corrected chi connectivity index (χ1v) is 5.97. The molecule has 3 atom stereocenters. The molecule has 0 saturated heterocycles. The van der Waals surface area contributed by atoms with Gasteiger partial charge in [-0.3, -0.25) is 4.57 Å². The van der Waals surface area contributed by atoms with Gasteiger partial charge in [0.1, 0.15) is 6.33 Å². The van der Waals surface area contributed by atoms with Crippen molar-refractivity contribution in [3.05, 3.63) is 18.7 Å². The average molecular weight is 221 g/mol. The molecule has 0 radical (unpaired) electrons. The molecule has 1 N–H and O–H groups in total. The van der Waals surface area contributed by atoms with Crippen LogP contribution < -0.4 is 5.32 Å². The van der Waals surface area contributed by atoms with Gasteiger partial charge in [0, 0.05) is 18.4 Å². The topological polar surface area (TPSA) is 46.9 Å². The summed E-state index contributed by atoms with van der Waals surface area (Å²) in [5.41, 5.74) is 0. The zero-order chi connectivity index (χ0) is 11.5. The first kappa shape index (κ1) is 11.2. The van der Waals surface area contributed by atoms with Gasteiger partial charge < -0.3 is 5.32 Å². The standard InChI is InChI=1S/C12H19N3O/c1-9-4-3-5-11(10(9)2)14-12(16)15-7-6-13-8-15/h6-11H,3-5H2,1-2H3,(H,14,16)/t9-,10-,11+/m1/s1. The number of rotatable bonds is 1. The van der Waals surface area contributed by atoms with Gasteiger partial charge in [0.05, 0.1) is 0 Å². The van der Waals surface area contributed by atoms with Crippen LogP contribution in [-0.4, -0.2) is 21.6 Å². The zero-order valence-electron chi connectivity index (χ0n) is 9.89. The normalized spacial score (nSPS) is 30.0. The smallest absolute Gasteiger partial charge is 0.327 e. The van der Waals surface area contributed by atoms with E-state index in [-0.39, 0.29) is 6.03 Å². The maximum absolute atomic E-state index is 11.8. The summed E-state index contributed by atoms with van der Waals surface area (Å²) in [6.45, 7) is 4.49. The Morgan fingerprint density at radius 1 is 1.44 bits per heavy atom. The highest BCUT2D eigenvalue weighted by Crippen LogP contribution is 2.29. The van der Waals surface area contributed by atoms with E-state index < -0.39 is 0 Å². The van der Waals surface area contributed by atoms with Crippen molar-refractivity contribution in [2.45, 2.75) is 39.2 Å². The Balaban J connectivity index is 1.96. The first-order chi connectivity index (χ1) is 7.68. The highest BCUT2D eigenvalue weighted by atomic mass is 16.2. The summed E-state index contributed by atoms with van der Waals surface area (Å²) in [4.78, 5) is 15.7. The quantitative estimate of drug-likeness (QED) is 0.790. The van der Waals surface area contributed by atoms with E-state index in [4.69, 9.17) is 0 Å². The summed E-state index contributed by atoms with van der Waals surface area (Å²) >= 11 is 0. The predicted molar refractivity (Wildman–Crippen MR) is 62.1 cm³/mol. The van der Waals surface area contributed by atoms with E-state index in [1.54, 1.807) is 12.4 Å². The first-order valence-electron chi connectivity index (χ1n) is 5.97. The van der Waals surface area contributed by atoms with Crippen LogP contribution in [0.4, 0.5) is 4.79 Å². The second-order valence-corrected chi connectivity index (χ2v) is 4.79. The van der Waals surface area contributed by atoms with Crippen LogP contribution in [0.2, 0.25) is 0 Å². The minimum atomic E-state index is -0.0662. The zero-order valence-corrected chi connectivity index (χ0v) is 9.89. The lowest BCUT2D eigenvalue weighted by Crippen LogP contribution is -2.45. The second-order valence-electron chi connectivity index (χ2n) is 4.79. The highest BCUT2D eigenvalue weighted by Gasteiger charge is 2.28. The van der Waals surface area contributed by atoms with Crippen molar-refractivity contribution in [1.82, 2.24) is 14.9 Å². The van der Waals surface area contributed by atoms with Crippen molar-refractivity contribution in [3.8, 4) is 0 Å². The van der Waals surface area contributed by atoms with Gasteiger partial charge in [-0.1, -0.05) is 26.7 Å². The minimum absolute atomic E-state index is 0.0662. The SMILES string of the molecule is C[C@@H]1[C@H](C)CCC[C@@H]1NC(=O)n1ccnc1. The van der Waals surface area contributed by atoms with Gasteiger partial charge in [-0.25, -0.2) is 9.78 Å². The third-order valence-corrected chi connectivity index (χ3v) is 3.75. The largest absolute Gasteiger partial charge is 0.334 e. The van der Waals surface area contributed by atoms with Crippen LogP contribution in [-0.2, 0) is 0 Å². The number of carbonyl (C=O) groups excluding carboxylic acids is 1. The fraction of sp³-hybridized carbons (Fsp3) is 0.667. The Labute approximate surface area is 96.1 Å². The summed E-state index contributed by atoms with van der Waals surface area (Å²) in [5.74, 6) is 1.25. The Morgan fingerprint density at radius 2 is 2.25 bits per heavy atom. The van der Waals surface area contributed by atoms with Crippen LogP contribution in [0, 0.1) is 11.8 Å². The molecule has 1 saturated carbocycles. The van der Waals surface area contributed by atoms with Crippen LogP contribution in [0.15, 0.2) is 18.7 Å². The molecule has 4 nitrogen and oxygen atoms in total. The molecule has 0 aromatic carbocycles. The van der Waals surface area contributed by atoms with Gasteiger partial charge in [-0.05, 0) is 18.3 Å². The van der Waals surface area contributed by atoms with Crippen molar-refractivity contribution in [1.29, 1.82) is 0 Å². The Bertz CT molecular complexity index is 347. The number of hydrogen-bond acceptors (Lipinski definition) is 2. The van der Waals surface area contributed by atoms with Crippen LogP contribution in [0.5, 0.6) is 0 Å². The Morgan fingerprint density at radius 3 is 2.94 bits per heavy atom. The number of amides is 1. The average Bonchev–Trinajstić information content (AvgIpc) is 2.78. The third-order valence-electron chi connectivity index (χ3n) is 3.75. The molecule has 4 heteroatoms. The molecule has 0 aliphatic heterocycles. The van der Waals surface area contributed by atoms with Crippen molar-refractivity contribution >= 4 is 6.03 Å². The molecule has 2 rings (SSSR count). The van der Waals surface area contributed by atoms with Crippen molar-refractivity contribution in [2.24, 2.45) is 11.8 Å². The van der Waals surface area contributed by atoms with E-state index in [1.807, 2.05) is 0 Å². The maximum Gasteiger partial charge on any atom is 0.327 e. The summed E-state index contributed by atoms with van der Waals surface area (Å²) in [7, 11) is 0. The van der Waals surface area contributed by atoms with Crippen molar-refractivity contribution in [3.63, 3.8) is 0 Å². The van der Waals surface area contributed by atoms with Gasteiger partial charge in [-0.2, -0.15) is 0 Å². The molecule has 0 unspecified atom stereocenters. The number of carbonyl (C=O) groups is 1. The molecular weight excluding hydrogens is 202 g/mol. The minimum Gasteiger partial charge on any atom is -0.334 e. The second kappa shape index (κ2) is 4.68. The van der Waals surface area contributed by atoms with Crippen LogP contribution >= 0.6 is 0 Å². The van der Waals surface area contributed by atoms with Crippen LogP contribution in [0.3, 0.4) is 0 Å². The summed E-state index contributed by atoms with van der Waals surface area (Å²) in [6.07, 6.45) is 8.40. The monoisotopic (exact) mass is 221 g/mol. The third kappa shape index (κ3) is 2.26. The molecule has 1 aliphatic carbocycles. The summed E-state index contributed by atoms with van der Waals surface area (Å²) in [5, 5.41) is 3.09. The number of hydrogen-bond donors (Lipinski definition) is 1. The van der Waals surface area contributed by atoms with Crippen LogP contribution in [0.1, 0.15) is 33.1 Å². The molecule has 1 aromatic heterocycles. The van der Waals surface area contributed by atoms with E-state index in [9.17, 15) is 4.79 Å². The summed E-state index contributed by atoms with van der Waals surface area (Å²) in [6, 6.07) is 0.238. The molecule has 1 aromatic rings. The Kier molecular flexibility index (Phi) is 3.27. The summed E-state index contributed by atoms with van der Waals surface area (Å²) < 4.78 is 1.49. The number of imidazole rings is 1. The van der Waals surface area contributed by atoms with E-state index in [0.717, 1.165) is 6.42 Å². The van der Waals surface area contributed by atoms with E-state index in [2.05, 4.69) is 24.1 Å². The van der Waals surface area contributed by atoms with E-state index in [1.165, 1.54) is 23.7 Å². The van der Waals surface area contributed by atoms with Crippen LogP contribution in [0.25, 0.3) is 0 Å². The molecular formula is C12H19N3O. The number of nitrogens with zero attached hydrogens (tertiary/aromatic N) is 2. The number of nitrogens with one attached hydrogen (secondary N) is 1. The molecule has 1 aliphatic rings. The lowest BCUT2D eigenvalue weighted by Gasteiger charge is -2.34. The molecule has 1 fully saturated rings. The molecule has 0 spiro atoms. The number of aromatic nitrogens is 2. The van der Waals surface area contributed by atoms with E-state index in [0.29, 0.717) is 17.9 Å².